The van der Waals surface area contributed by atoms with E-state index in [1.807, 2.05) is 0 Å². The van der Waals surface area contributed by atoms with Crippen LogP contribution < -0.4 is 5.32 Å². The Morgan fingerprint density at radius 3 is 3.00 bits per heavy atom. The average Bonchev–Trinajstić information content (AvgIpc) is 2.44. The van der Waals surface area contributed by atoms with Gasteiger partial charge in [-0.3, -0.25) is 0 Å². The van der Waals surface area contributed by atoms with Crippen molar-refractivity contribution in [3.63, 3.8) is 0 Å². The standard InChI is InChI=1S/C11H21NO2/c1-12-10-3-7-14-11(9-10)4-2-6-13-8-5-11/h10,12H,2-9H2,1H3. The summed E-state index contributed by atoms with van der Waals surface area (Å²) >= 11 is 0. The lowest BCUT2D eigenvalue weighted by Gasteiger charge is -2.40. The summed E-state index contributed by atoms with van der Waals surface area (Å²) < 4.78 is 11.5. The van der Waals surface area contributed by atoms with Crippen molar-refractivity contribution in [2.24, 2.45) is 0 Å². The van der Waals surface area contributed by atoms with Gasteiger partial charge in [0.15, 0.2) is 0 Å². The summed E-state index contributed by atoms with van der Waals surface area (Å²) in [5.41, 5.74) is 0.127. The second-order valence-electron chi connectivity index (χ2n) is 4.48. The highest BCUT2D eigenvalue weighted by Gasteiger charge is 2.37. The molecule has 3 nitrogen and oxygen atoms in total. The van der Waals surface area contributed by atoms with E-state index in [4.69, 9.17) is 9.47 Å². The van der Waals surface area contributed by atoms with Crippen LogP contribution in [-0.2, 0) is 9.47 Å². The molecule has 0 radical (unpaired) electrons. The number of hydrogen-bond donors (Lipinski definition) is 1. The maximum absolute atomic E-state index is 6.00. The minimum Gasteiger partial charge on any atom is -0.381 e. The van der Waals surface area contributed by atoms with Crippen LogP contribution in [0.4, 0.5) is 0 Å². The van der Waals surface area contributed by atoms with Crippen molar-refractivity contribution in [1.29, 1.82) is 0 Å². The van der Waals surface area contributed by atoms with Gasteiger partial charge < -0.3 is 14.8 Å². The van der Waals surface area contributed by atoms with Crippen LogP contribution in [0.15, 0.2) is 0 Å². The molecule has 1 spiro atoms. The van der Waals surface area contributed by atoms with E-state index in [0.717, 1.165) is 45.5 Å². The van der Waals surface area contributed by atoms with Crippen molar-refractivity contribution in [2.75, 3.05) is 26.9 Å². The molecule has 0 aliphatic carbocycles. The fraction of sp³-hybridized carbons (Fsp3) is 1.00. The van der Waals surface area contributed by atoms with Gasteiger partial charge in [-0.2, -0.15) is 0 Å². The SMILES string of the molecule is CNC1CCOC2(CCCOCC2)C1. The Kier molecular flexibility index (Phi) is 3.42. The molecule has 2 fully saturated rings. The molecule has 1 N–H and O–H groups in total. The zero-order valence-corrected chi connectivity index (χ0v) is 9.05. The van der Waals surface area contributed by atoms with Crippen LogP contribution >= 0.6 is 0 Å². The predicted molar refractivity (Wildman–Crippen MR) is 55.4 cm³/mol. The van der Waals surface area contributed by atoms with Gasteiger partial charge in [0.25, 0.3) is 0 Å². The molecule has 0 aromatic heterocycles. The zero-order chi connectivity index (χ0) is 9.86. The highest BCUT2D eigenvalue weighted by atomic mass is 16.5. The van der Waals surface area contributed by atoms with E-state index in [0.29, 0.717) is 6.04 Å². The van der Waals surface area contributed by atoms with Gasteiger partial charge >= 0.3 is 0 Å². The summed E-state index contributed by atoms with van der Waals surface area (Å²) in [6, 6.07) is 0.641. The van der Waals surface area contributed by atoms with Gasteiger partial charge in [0, 0.05) is 25.9 Å². The zero-order valence-electron chi connectivity index (χ0n) is 9.05. The molecule has 0 aromatic carbocycles. The molecular weight excluding hydrogens is 178 g/mol. The van der Waals surface area contributed by atoms with Crippen LogP contribution in [-0.4, -0.2) is 38.5 Å². The Morgan fingerprint density at radius 2 is 2.14 bits per heavy atom. The lowest BCUT2D eigenvalue weighted by atomic mass is 9.84. The normalized spacial score (nSPS) is 39.6. The lowest BCUT2D eigenvalue weighted by molar-refractivity contribution is -0.0978. The molecule has 2 aliphatic heterocycles. The summed E-state index contributed by atoms with van der Waals surface area (Å²) in [7, 11) is 2.05. The molecule has 2 saturated heterocycles. The van der Waals surface area contributed by atoms with E-state index < -0.39 is 0 Å². The van der Waals surface area contributed by atoms with E-state index in [2.05, 4.69) is 12.4 Å². The van der Waals surface area contributed by atoms with Crippen LogP contribution in [0, 0.1) is 0 Å². The second-order valence-corrected chi connectivity index (χ2v) is 4.48. The van der Waals surface area contributed by atoms with E-state index in [9.17, 15) is 0 Å². The van der Waals surface area contributed by atoms with E-state index in [1.165, 1.54) is 6.42 Å². The minimum absolute atomic E-state index is 0.127. The highest BCUT2D eigenvalue weighted by Crippen LogP contribution is 2.34. The Hall–Kier alpha value is -0.120. The molecule has 0 bridgehead atoms. The summed E-state index contributed by atoms with van der Waals surface area (Å²) in [5, 5.41) is 3.38. The largest absolute Gasteiger partial charge is 0.381 e. The molecule has 0 aromatic rings. The van der Waals surface area contributed by atoms with E-state index >= 15 is 0 Å². The summed E-state index contributed by atoms with van der Waals surface area (Å²) in [6.07, 6.45) is 5.71. The smallest absolute Gasteiger partial charge is 0.0720 e. The number of ether oxygens (including phenoxy) is 2. The number of hydrogen-bond acceptors (Lipinski definition) is 3. The first-order valence-electron chi connectivity index (χ1n) is 5.74. The fourth-order valence-corrected chi connectivity index (χ4v) is 2.60. The molecule has 2 heterocycles. The Labute approximate surface area is 86.2 Å². The molecule has 82 valence electrons. The molecule has 2 rings (SSSR count). The van der Waals surface area contributed by atoms with Gasteiger partial charge in [0.05, 0.1) is 5.60 Å². The topological polar surface area (TPSA) is 30.5 Å². The van der Waals surface area contributed by atoms with Gasteiger partial charge in [-0.25, -0.2) is 0 Å². The first kappa shape index (κ1) is 10.4. The molecule has 14 heavy (non-hydrogen) atoms. The van der Waals surface area contributed by atoms with Crippen LogP contribution in [0.25, 0.3) is 0 Å². The average molecular weight is 199 g/mol. The molecule has 2 aliphatic rings. The lowest BCUT2D eigenvalue weighted by Crippen LogP contribution is -2.46. The van der Waals surface area contributed by atoms with Crippen molar-refractivity contribution >= 4 is 0 Å². The van der Waals surface area contributed by atoms with Crippen molar-refractivity contribution in [3.05, 3.63) is 0 Å². The molecule has 0 saturated carbocycles. The van der Waals surface area contributed by atoms with Gasteiger partial charge in [-0.15, -0.1) is 0 Å². The predicted octanol–water partition coefficient (Wildman–Crippen LogP) is 1.32. The molecular formula is C11H21NO2. The van der Waals surface area contributed by atoms with Crippen molar-refractivity contribution < 1.29 is 9.47 Å². The van der Waals surface area contributed by atoms with Crippen molar-refractivity contribution in [1.82, 2.24) is 5.32 Å². The van der Waals surface area contributed by atoms with E-state index in [-0.39, 0.29) is 5.60 Å². The van der Waals surface area contributed by atoms with Crippen LogP contribution in [0.2, 0.25) is 0 Å². The molecule has 2 unspecified atom stereocenters. The summed E-state index contributed by atoms with van der Waals surface area (Å²) in [5.74, 6) is 0. The third-order valence-electron chi connectivity index (χ3n) is 3.52. The van der Waals surface area contributed by atoms with Gasteiger partial charge in [0.2, 0.25) is 0 Å². The maximum Gasteiger partial charge on any atom is 0.0720 e. The molecule has 0 amide bonds. The Balaban J connectivity index is 1.97. The van der Waals surface area contributed by atoms with Crippen molar-refractivity contribution in [2.45, 2.75) is 43.7 Å². The monoisotopic (exact) mass is 199 g/mol. The van der Waals surface area contributed by atoms with Crippen LogP contribution in [0.3, 0.4) is 0 Å². The third kappa shape index (κ3) is 2.27. The van der Waals surface area contributed by atoms with Crippen molar-refractivity contribution in [3.8, 4) is 0 Å². The Morgan fingerprint density at radius 1 is 1.21 bits per heavy atom. The van der Waals surface area contributed by atoms with Crippen LogP contribution in [0.1, 0.15) is 32.1 Å². The Bertz CT molecular complexity index is 176. The first-order valence-corrected chi connectivity index (χ1v) is 5.74. The van der Waals surface area contributed by atoms with Gasteiger partial charge in [-0.05, 0) is 39.2 Å². The van der Waals surface area contributed by atoms with Gasteiger partial charge in [-0.1, -0.05) is 0 Å². The third-order valence-corrected chi connectivity index (χ3v) is 3.52. The molecule has 2 atom stereocenters. The van der Waals surface area contributed by atoms with E-state index in [1.54, 1.807) is 0 Å². The first-order chi connectivity index (χ1) is 6.85. The number of nitrogens with one attached hydrogen (secondary N) is 1. The maximum atomic E-state index is 6.00. The minimum atomic E-state index is 0.127. The van der Waals surface area contributed by atoms with Gasteiger partial charge in [0.1, 0.15) is 0 Å². The van der Waals surface area contributed by atoms with Crippen LogP contribution in [0.5, 0.6) is 0 Å². The molecule has 3 heteroatoms. The quantitative estimate of drug-likeness (QED) is 0.691. The second kappa shape index (κ2) is 4.60. The fourth-order valence-electron chi connectivity index (χ4n) is 2.60. The summed E-state index contributed by atoms with van der Waals surface area (Å²) in [4.78, 5) is 0. The number of rotatable bonds is 1. The summed E-state index contributed by atoms with van der Waals surface area (Å²) in [6.45, 7) is 2.69. The highest BCUT2D eigenvalue weighted by molar-refractivity contribution is 4.90.